The van der Waals surface area contributed by atoms with Crippen LogP contribution >= 0.6 is 0 Å². The maximum atomic E-state index is 12.2. The number of carboxylic acid groups (broad SMARTS) is 1. The quantitative estimate of drug-likeness (QED) is 0.0564. The number of rotatable bonds is 30. The van der Waals surface area contributed by atoms with Crippen molar-refractivity contribution >= 4 is 48.1 Å². The standard InChI is InChI=1S/C46H66N2O17S3/c1-45(2,3)39-33-36(10-6-11-43-46(4,17-7-12-44(49)50)40-34-37(68(57,58)59)14-16-41(40)48(43)19-9-31-67(54,55)56)65-42-32-35(13-15-38(39)42)47(18-8-30-66(51,52)53)20-21-61-24-25-63-28-29-64-27-26-62-23-22-60-5/h6,10-11,13-16,32-34H,7-9,12,17-31H2,1-5H3,(H3-,49,50,51,52,53,54,55,56,57,58,59)/p-2. The average molecular weight is 1010 g/mol. The normalized spacial score (nSPS) is 16.9. The van der Waals surface area contributed by atoms with Gasteiger partial charge in [-0.05, 0) is 85.2 Å². The molecule has 0 radical (unpaired) electrons. The molecule has 1 N–H and O–H groups in total. The van der Waals surface area contributed by atoms with Gasteiger partial charge in [0.1, 0.15) is 34.8 Å². The molecule has 4 rings (SSSR count). The molecular weight excluding hydrogens is 949 g/mol. The van der Waals surface area contributed by atoms with Gasteiger partial charge in [-0.15, -0.1) is 0 Å². The highest BCUT2D eigenvalue weighted by Crippen LogP contribution is 2.51. The molecule has 0 spiro atoms. The predicted molar refractivity (Wildman–Crippen MR) is 250 cm³/mol. The zero-order chi connectivity index (χ0) is 50.2. The van der Waals surface area contributed by atoms with Crippen LogP contribution in [0.25, 0.3) is 17.4 Å². The number of fused-ring (bicyclic) bond motifs is 2. The summed E-state index contributed by atoms with van der Waals surface area (Å²) in [5.74, 6) is -1.33. The largest absolute Gasteiger partial charge is 0.748 e. The minimum atomic E-state index is -4.89. The Labute approximate surface area is 400 Å². The zero-order valence-electron chi connectivity index (χ0n) is 39.3. The molecule has 0 saturated heterocycles. The van der Waals surface area contributed by atoms with Crippen LogP contribution in [0, 0.1) is 0 Å². The first-order valence-corrected chi connectivity index (χ1v) is 26.8. The highest BCUT2D eigenvalue weighted by Gasteiger charge is 2.43. The second kappa shape index (κ2) is 25.7. The topological polar surface area (TPSA) is 274 Å². The maximum Gasteiger partial charge on any atom is 0.303 e. The lowest BCUT2D eigenvalue weighted by Gasteiger charge is -2.30. The van der Waals surface area contributed by atoms with Gasteiger partial charge in [-0.2, -0.15) is 0 Å². The molecule has 0 aromatic heterocycles. The Balaban J connectivity index is 1.68. The van der Waals surface area contributed by atoms with Gasteiger partial charge in [-0.25, -0.2) is 29.8 Å². The Morgan fingerprint density at radius 1 is 0.794 bits per heavy atom. The van der Waals surface area contributed by atoms with E-state index in [1.54, 1.807) is 37.2 Å². The Hall–Kier alpha value is -4.07. The van der Waals surface area contributed by atoms with Crippen molar-refractivity contribution in [1.82, 2.24) is 4.58 Å². The number of ether oxygens (including phenoxy) is 5. The molecule has 380 valence electrons. The number of allylic oxidation sites excluding steroid dienone is 3. The number of benzene rings is 2. The Kier molecular flexibility index (Phi) is 21.4. The van der Waals surface area contributed by atoms with Crippen molar-refractivity contribution in [3.05, 3.63) is 82.6 Å². The van der Waals surface area contributed by atoms with Crippen LogP contribution in [-0.2, 0) is 69.7 Å². The molecule has 19 nitrogen and oxygen atoms in total. The lowest BCUT2D eigenvalue weighted by molar-refractivity contribution is -0.137. The van der Waals surface area contributed by atoms with Gasteiger partial charge >= 0.3 is 5.97 Å². The summed E-state index contributed by atoms with van der Waals surface area (Å²) < 4.78 is 141. The van der Waals surface area contributed by atoms with E-state index in [9.17, 15) is 48.8 Å². The van der Waals surface area contributed by atoms with Crippen LogP contribution in [0.2, 0.25) is 0 Å². The summed E-state index contributed by atoms with van der Waals surface area (Å²) in [7, 11) is -12.3. The molecule has 0 saturated carbocycles. The van der Waals surface area contributed by atoms with Gasteiger partial charge in [-0.1, -0.05) is 26.8 Å². The lowest BCUT2D eigenvalue weighted by Crippen LogP contribution is -2.35. The second-order valence-corrected chi connectivity index (χ2v) is 21.9. The second-order valence-electron chi connectivity index (χ2n) is 17.4. The van der Waals surface area contributed by atoms with E-state index in [-0.39, 0.29) is 57.2 Å². The number of hydrogen-bond acceptors (Lipinski definition) is 17. The third-order valence-corrected chi connectivity index (χ3v) is 13.6. The molecule has 1 aromatic carbocycles. The van der Waals surface area contributed by atoms with Crippen molar-refractivity contribution in [2.24, 2.45) is 0 Å². The number of carboxylic acids is 1. The summed E-state index contributed by atoms with van der Waals surface area (Å²) in [6, 6.07) is 11.4. The summed E-state index contributed by atoms with van der Waals surface area (Å²) in [5, 5.41) is 10.2. The van der Waals surface area contributed by atoms with Gasteiger partial charge in [0.15, 0.2) is 6.54 Å². The summed E-state index contributed by atoms with van der Waals surface area (Å²) in [6.07, 6.45) is 5.32. The van der Waals surface area contributed by atoms with E-state index in [4.69, 9.17) is 28.1 Å². The molecular formula is C46H64N2O17S3-2. The van der Waals surface area contributed by atoms with Crippen LogP contribution in [0.5, 0.6) is 0 Å². The van der Waals surface area contributed by atoms with Gasteiger partial charge in [0.2, 0.25) is 5.36 Å². The molecule has 1 aromatic rings. The van der Waals surface area contributed by atoms with E-state index in [1.807, 2.05) is 49.6 Å². The van der Waals surface area contributed by atoms with Gasteiger partial charge in [0.05, 0.1) is 84.1 Å². The SMILES string of the molecule is COCCOCCOCCOCCOCC[N+](CCCS(=O)(=O)[O-])=c1ccc2c(C(C)(C)C)cc(/C=C/C=C3/N(CCCS(=O)(=O)[O-])c4ccc(S(=O)(=O)[O-])cc4C3(C)CCCC(=O)O)oc-2c1. The number of aliphatic carboxylic acids is 1. The summed E-state index contributed by atoms with van der Waals surface area (Å²) >= 11 is 0. The first kappa shape index (κ1) is 56.5. The number of anilines is 1. The van der Waals surface area contributed by atoms with Gasteiger partial charge in [0, 0.05) is 66.4 Å². The molecule has 1 unspecified atom stereocenters. The first-order valence-electron chi connectivity index (χ1n) is 22.2. The predicted octanol–water partition coefficient (Wildman–Crippen LogP) is 3.87. The summed E-state index contributed by atoms with van der Waals surface area (Å²) in [4.78, 5) is 12.9. The molecule has 2 aliphatic heterocycles. The van der Waals surface area contributed by atoms with Crippen molar-refractivity contribution in [3.8, 4) is 11.3 Å². The number of nitrogens with zero attached hydrogens (tertiary/aromatic N) is 2. The van der Waals surface area contributed by atoms with E-state index in [0.717, 1.165) is 17.2 Å². The van der Waals surface area contributed by atoms with Crippen molar-refractivity contribution in [1.29, 1.82) is 0 Å². The van der Waals surface area contributed by atoms with Crippen LogP contribution in [0.4, 0.5) is 5.69 Å². The minimum Gasteiger partial charge on any atom is -0.748 e. The number of methoxy groups -OCH3 is 1. The molecule has 0 fully saturated rings. The van der Waals surface area contributed by atoms with E-state index in [2.05, 4.69) is 0 Å². The van der Waals surface area contributed by atoms with Crippen LogP contribution in [0.3, 0.4) is 0 Å². The lowest BCUT2D eigenvalue weighted by atomic mass is 9.77. The molecule has 1 aliphatic carbocycles. The van der Waals surface area contributed by atoms with E-state index in [0.29, 0.717) is 93.2 Å². The monoisotopic (exact) mass is 1010 g/mol. The Morgan fingerprint density at radius 2 is 1.40 bits per heavy atom. The number of carbonyl (C=O) groups is 1. The fourth-order valence-electron chi connectivity index (χ4n) is 7.89. The molecule has 1 atom stereocenters. The van der Waals surface area contributed by atoms with Gasteiger partial charge in [0.25, 0.3) is 0 Å². The van der Waals surface area contributed by atoms with Crippen molar-refractivity contribution in [3.63, 3.8) is 0 Å². The molecule has 2 heterocycles. The van der Waals surface area contributed by atoms with Crippen LogP contribution in [0.15, 0.2) is 69.6 Å². The van der Waals surface area contributed by atoms with E-state index >= 15 is 0 Å². The Bertz CT molecular complexity index is 2580. The maximum absolute atomic E-state index is 12.2. The van der Waals surface area contributed by atoms with Gasteiger partial charge in [-0.3, -0.25) is 4.79 Å². The van der Waals surface area contributed by atoms with Crippen LogP contribution < -0.4 is 14.8 Å². The zero-order valence-corrected chi connectivity index (χ0v) is 41.8. The molecule has 0 amide bonds. The minimum absolute atomic E-state index is 0.0298. The van der Waals surface area contributed by atoms with E-state index < -0.39 is 58.1 Å². The smallest absolute Gasteiger partial charge is 0.303 e. The Morgan fingerprint density at radius 3 is 1.97 bits per heavy atom. The first-order chi connectivity index (χ1) is 31.9. The van der Waals surface area contributed by atoms with Crippen molar-refractivity contribution in [2.75, 3.05) is 103 Å². The van der Waals surface area contributed by atoms with E-state index in [1.165, 1.54) is 12.1 Å². The van der Waals surface area contributed by atoms with Crippen LogP contribution in [0.1, 0.15) is 76.7 Å². The van der Waals surface area contributed by atoms with Crippen molar-refractivity contribution in [2.45, 2.75) is 75.5 Å². The molecule has 68 heavy (non-hydrogen) atoms. The third-order valence-electron chi connectivity index (χ3n) is 11.2. The van der Waals surface area contributed by atoms with Gasteiger partial charge < -0.3 is 51.8 Å². The molecule has 3 aliphatic rings. The van der Waals surface area contributed by atoms with Crippen molar-refractivity contribution < 1.29 is 76.9 Å². The fourth-order valence-corrected chi connectivity index (χ4v) is 9.35. The highest BCUT2D eigenvalue weighted by molar-refractivity contribution is 7.86. The molecule has 22 heteroatoms. The van der Waals surface area contributed by atoms with Crippen LogP contribution in [-0.4, -0.2) is 148 Å². The third kappa shape index (κ3) is 18.0. The number of hydrogen-bond donors (Lipinski definition) is 1. The summed E-state index contributed by atoms with van der Waals surface area (Å²) in [6.45, 7) is 12.1. The summed E-state index contributed by atoms with van der Waals surface area (Å²) in [5.41, 5.74) is 1.76. The average Bonchev–Trinajstić information content (AvgIpc) is 3.46. The highest BCUT2D eigenvalue weighted by atomic mass is 32.2. The molecule has 0 bridgehead atoms. The fraction of sp³-hybridized carbons (Fsp3) is 0.565.